The largest absolute Gasteiger partial charge is 0.481 e. The summed E-state index contributed by atoms with van der Waals surface area (Å²) in [5.74, 6) is -1.01. The lowest BCUT2D eigenvalue weighted by Crippen LogP contribution is -2.23. The van der Waals surface area contributed by atoms with Crippen LogP contribution >= 0.6 is 0 Å². The van der Waals surface area contributed by atoms with E-state index in [-0.39, 0.29) is 17.9 Å². The van der Waals surface area contributed by atoms with Crippen LogP contribution in [-0.4, -0.2) is 30.6 Å². The van der Waals surface area contributed by atoms with E-state index in [1.165, 1.54) is 0 Å². The van der Waals surface area contributed by atoms with E-state index < -0.39 is 5.97 Å². The summed E-state index contributed by atoms with van der Waals surface area (Å²) in [6, 6.07) is 5.90. The lowest BCUT2D eigenvalue weighted by atomic mass is 9.97. The topological polar surface area (TPSA) is 69.6 Å². The van der Waals surface area contributed by atoms with Crippen LogP contribution in [0.15, 0.2) is 18.2 Å². The van der Waals surface area contributed by atoms with Crippen molar-refractivity contribution in [2.75, 3.05) is 18.5 Å². The summed E-state index contributed by atoms with van der Waals surface area (Å²) in [5, 5.41) is 12.3. The number of rotatable bonds is 2. The van der Waals surface area contributed by atoms with Crippen LogP contribution in [0.1, 0.15) is 23.6 Å². The Bertz CT molecular complexity index is 556. The van der Waals surface area contributed by atoms with Gasteiger partial charge in [0.15, 0.2) is 0 Å². The maximum Gasteiger partial charge on any atom is 0.307 e. The van der Waals surface area contributed by atoms with Crippen LogP contribution in [0.2, 0.25) is 0 Å². The SMILES string of the molecule is CN1C(=O)Cc2cccc(C3CC(C(=O)O)CN3)c21. The van der Waals surface area contributed by atoms with Crippen LogP contribution < -0.4 is 10.2 Å². The molecule has 2 N–H and O–H groups in total. The quantitative estimate of drug-likeness (QED) is 0.830. The van der Waals surface area contributed by atoms with Gasteiger partial charge in [0.1, 0.15) is 0 Å². The van der Waals surface area contributed by atoms with Crippen molar-refractivity contribution >= 4 is 17.6 Å². The van der Waals surface area contributed by atoms with Crippen molar-refractivity contribution in [2.45, 2.75) is 18.9 Å². The van der Waals surface area contributed by atoms with Gasteiger partial charge in [0.25, 0.3) is 0 Å². The maximum absolute atomic E-state index is 11.8. The van der Waals surface area contributed by atoms with Crippen LogP contribution in [0.3, 0.4) is 0 Å². The number of carbonyl (C=O) groups is 2. The van der Waals surface area contributed by atoms with Crippen molar-refractivity contribution in [1.29, 1.82) is 0 Å². The maximum atomic E-state index is 11.8. The van der Waals surface area contributed by atoms with Crippen molar-refractivity contribution in [3.63, 3.8) is 0 Å². The molecule has 2 heterocycles. The number of hydrogen-bond acceptors (Lipinski definition) is 3. The number of benzene rings is 1. The molecule has 0 bridgehead atoms. The number of nitrogens with zero attached hydrogens (tertiary/aromatic N) is 1. The standard InChI is InChI=1S/C14H16N2O3/c1-16-12(17)6-8-3-2-4-10(13(8)16)11-5-9(7-15-11)14(18)19/h2-4,9,11,15H,5-7H2,1H3,(H,18,19). The summed E-state index contributed by atoms with van der Waals surface area (Å²) in [7, 11) is 1.78. The third-order valence-corrected chi connectivity index (χ3v) is 4.06. The van der Waals surface area contributed by atoms with Crippen LogP contribution in [-0.2, 0) is 16.0 Å². The Labute approximate surface area is 111 Å². The fourth-order valence-electron chi connectivity index (χ4n) is 3.01. The molecule has 19 heavy (non-hydrogen) atoms. The fraction of sp³-hybridized carbons (Fsp3) is 0.429. The fourth-order valence-corrected chi connectivity index (χ4v) is 3.01. The third kappa shape index (κ3) is 1.90. The lowest BCUT2D eigenvalue weighted by Gasteiger charge is -2.19. The minimum atomic E-state index is -0.757. The van der Waals surface area contributed by atoms with E-state index in [9.17, 15) is 9.59 Å². The van der Waals surface area contributed by atoms with Gasteiger partial charge in [0.2, 0.25) is 5.91 Å². The van der Waals surface area contributed by atoms with Gasteiger partial charge < -0.3 is 15.3 Å². The zero-order valence-electron chi connectivity index (χ0n) is 10.7. The molecule has 0 aromatic heterocycles. The van der Waals surface area contributed by atoms with Gasteiger partial charge in [-0.05, 0) is 17.5 Å². The molecular weight excluding hydrogens is 244 g/mol. The van der Waals surface area contributed by atoms with E-state index in [0.29, 0.717) is 19.4 Å². The van der Waals surface area contributed by atoms with Crippen LogP contribution in [0.5, 0.6) is 0 Å². The number of para-hydroxylation sites is 1. The van der Waals surface area contributed by atoms with Crippen molar-refractivity contribution in [3.05, 3.63) is 29.3 Å². The molecule has 2 atom stereocenters. The zero-order chi connectivity index (χ0) is 13.6. The Morgan fingerprint density at radius 3 is 2.95 bits per heavy atom. The average molecular weight is 260 g/mol. The van der Waals surface area contributed by atoms with E-state index in [1.54, 1.807) is 11.9 Å². The van der Waals surface area contributed by atoms with E-state index in [0.717, 1.165) is 16.8 Å². The van der Waals surface area contributed by atoms with Gasteiger partial charge in [-0.15, -0.1) is 0 Å². The first-order chi connectivity index (χ1) is 9.08. The molecule has 3 rings (SSSR count). The van der Waals surface area contributed by atoms with Crippen molar-refractivity contribution in [2.24, 2.45) is 5.92 Å². The number of carboxylic acid groups (broad SMARTS) is 1. The number of likely N-dealkylation sites (N-methyl/N-ethyl adjacent to an activating group) is 1. The summed E-state index contributed by atoms with van der Waals surface area (Å²) in [5.41, 5.74) is 3.02. The van der Waals surface area contributed by atoms with Gasteiger partial charge in [-0.25, -0.2) is 0 Å². The molecule has 1 aromatic carbocycles. The Hall–Kier alpha value is -1.88. The van der Waals surface area contributed by atoms with E-state index >= 15 is 0 Å². The first-order valence-corrected chi connectivity index (χ1v) is 6.42. The molecule has 5 heteroatoms. The minimum absolute atomic E-state index is 0.0180. The summed E-state index contributed by atoms with van der Waals surface area (Å²) in [4.78, 5) is 24.5. The number of carboxylic acids is 1. The number of aliphatic carboxylic acids is 1. The lowest BCUT2D eigenvalue weighted by molar-refractivity contribution is -0.141. The zero-order valence-corrected chi connectivity index (χ0v) is 10.7. The molecule has 0 radical (unpaired) electrons. The molecule has 0 aliphatic carbocycles. The molecule has 2 aliphatic heterocycles. The molecule has 1 saturated heterocycles. The summed E-state index contributed by atoms with van der Waals surface area (Å²) < 4.78 is 0. The number of anilines is 1. The summed E-state index contributed by atoms with van der Waals surface area (Å²) in [6.07, 6.45) is 1.02. The van der Waals surface area contributed by atoms with Gasteiger partial charge in [0.05, 0.1) is 18.0 Å². The van der Waals surface area contributed by atoms with Crippen LogP contribution in [0.4, 0.5) is 5.69 Å². The van der Waals surface area contributed by atoms with E-state index in [4.69, 9.17) is 5.11 Å². The molecule has 2 aliphatic rings. The molecule has 100 valence electrons. The first-order valence-electron chi connectivity index (χ1n) is 6.42. The predicted molar refractivity (Wildman–Crippen MR) is 70.0 cm³/mol. The highest BCUT2D eigenvalue weighted by Crippen LogP contribution is 2.38. The Morgan fingerprint density at radius 1 is 1.47 bits per heavy atom. The highest BCUT2D eigenvalue weighted by Gasteiger charge is 2.34. The Balaban J connectivity index is 1.94. The molecule has 1 amide bonds. The molecule has 2 unspecified atom stereocenters. The number of nitrogens with one attached hydrogen (secondary N) is 1. The molecule has 0 saturated carbocycles. The Kier molecular flexibility index (Phi) is 2.78. The number of carbonyl (C=O) groups excluding carboxylic acids is 1. The Morgan fingerprint density at radius 2 is 2.26 bits per heavy atom. The molecule has 1 aromatic rings. The number of fused-ring (bicyclic) bond motifs is 1. The summed E-state index contributed by atoms with van der Waals surface area (Å²) in [6.45, 7) is 0.487. The molecule has 5 nitrogen and oxygen atoms in total. The minimum Gasteiger partial charge on any atom is -0.481 e. The monoisotopic (exact) mass is 260 g/mol. The number of amides is 1. The number of hydrogen-bond donors (Lipinski definition) is 2. The predicted octanol–water partition coefficient (Wildman–Crippen LogP) is 0.941. The van der Waals surface area contributed by atoms with Crippen molar-refractivity contribution in [1.82, 2.24) is 5.32 Å². The molecular formula is C14H16N2O3. The van der Waals surface area contributed by atoms with Crippen LogP contribution in [0.25, 0.3) is 0 Å². The molecule has 1 fully saturated rings. The van der Waals surface area contributed by atoms with Crippen molar-refractivity contribution < 1.29 is 14.7 Å². The van der Waals surface area contributed by atoms with E-state index in [2.05, 4.69) is 5.32 Å². The smallest absolute Gasteiger partial charge is 0.307 e. The second-order valence-corrected chi connectivity index (χ2v) is 5.22. The van der Waals surface area contributed by atoms with Gasteiger partial charge in [-0.1, -0.05) is 18.2 Å². The second-order valence-electron chi connectivity index (χ2n) is 5.22. The van der Waals surface area contributed by atoms with Crippen LogP contribution in [0, 0.1) is 5.92 Å². The normalized spacial score (nSPS) is 25.7. The first kappa shape index (κ1) is 12.2. The third-order valence-electron chi connectivity index (χ3n) is 4.06. The highest BCUT2D eigenvalue weighted by atomic mass is 16.4. The molecule has 0 spiro atoms. The summed E-state index contributed by atoms with van der Waals surface area (Å²) >= 11 is 0. The second kappa shape index (κ2) is 4.35. The van der Waals surface area contributed by atoms with Gasteiger partial charge in [-0.3, -0.25) is 9.59 Å². The highest BCUT2D eigenvalue weighted by molar-refractivity contribution is 6.02. The van der Waals surface area contributed by atoms with Gasteiger partial charge in [0, 0.05) is 19.6 Å². The van der Waals surface area contributed by atoms with Gasteiger partial charge in [-0.2, -0.15) is 0 Å². The average Bonchev–Trinajstić information content (AvgIpc) is 2.96. The van der Waals surface area contributed by atoms with Crippen molar-refractivity contribution in [3.8, 4) is 0 Å². The van der Waals surface area contributed by atoms with E-state index in [1.807, 2.05) is 18.2 Å². The van der Waals surface area contributed by atoms with Gasteiger partial charge >= 0.3 is 5.97 Å².